The summed E-state index contributed by atoms with van der Waals surface area (Å²) in [4.78, 5) is 34.2. The molecule has 2 aliphatic heterocycles. The SMILES string of the molecule is CCOc1ccc2[nH]c3c(c2c1)C[C@@]1(C)C(=O)N(CCNCCO)C(=O)N1C3Cc1ccccc1. The monoisotopic (exact) mass is 476 g/mol. The van der Waals surface area contributed by atoms with Gasteiger partial charge in [-0.1, -0.05) is 30.3 Å². The van der Waals surface area contributed by atoms with Crippen molar-refractivity contribution in [1.82, 2.24) is 20.1 Å². The van der Waals surface area contributed by atoms with Gasteiger partial charge in [-0.25, -0.2) is 4.79 Å². The van der Waals surface area contributed by atoms with Gasteiger partial charge in [-0.15, -0.1) is 0 Å². The molecule has 1 aromatic heterocycles. The van der Waals surface area contributed by atoms with E-state index in [1.54, 1.807) is 4.90 Å². The van der Waals surface area contributed by atoms with Crippen molar-refractivity contribution in [2.24, 2.45) is 0 Å². The fourth-order valence-corrected chi connectivity index (χ4v) is 5.53. The molecule has 8 nitrogen and oxygen atoms in total. The van der Waals surface area contributed by atoms with Crippen LogP contribution in [0.2, 0.25) is 0 Å². The van der Waals surface area contributed by atoms with Gasteiger partial charge in [0.25, 0.3) is 5.91 Å². The van der Waals surface area contributed by atoms with E-state index < -0.39 is 5.54 Å². The van der Waals surface area contributed by atoms with Gasteiger partial charge < -0.3 is 25.0 Å². The largest absolute Gasteiger partial charge is 0.494 e. The van der Waals surface area contributed by atoms with Crippen LogP contribution >= 0.6 is 0 Å². The van der Waals surface area contributed by atoms with Crippen molar-refractivity contribution in [3.8, 4) is 5.75 Å². The number of ether oxygens (including phenoxy) is 1. The Morgan fingerprint density at radius 3 is 2.71 bits per heavy atom. The van der Waals surface area contributed by atoms with E-state index in [4.69, 9.17) is 9.84 Å². The summed E-state index contributed by atoms with van der Waals surface area (Å²) in [5.74, 6) is 0.617. The highest BCUT2D eigenvalue weighted by molar-refractivity contribution is 6.08. The van der Waals surface area contributed by atoms with Crippen LogP contribution in [0.1, 0.15) is 36.7 Å². The number of amides is 3. The van der Waals surface area contributed by atoms with E-state index in [-0.39, 0.29) is 31.1 Å². The maximum absolute atomic E-state index is 13.7. The predicted octanol–water partition coefficient (Wildman–Crippen LogP) is 3.01. The quantitative estimate of drug-likeness (QED) is 0.326. The minimum Gasteiger partial charge on any atom is -0.494 e. The molecular formula is C27H32N4O4. The van der Waals surface area contributed by atoms with Gasteiger partial charge in [-0.2, -0.15) is 0 Å². The molecule has 8 heteroatoms. The average molecular weight is 477 g/mol. The molecular weight excluding hydrogens is 444 g/mol. The molecule has 1 saturated heterocycles. The second-order valence-corrected chi connectivity index (χ2v) is 9.40. The summed E-state index contributed by atoms with van der Waals surface area (Å²) in [7, 11) is 0. The van der Waals surface area contributed by atoms with Crippen molar-refractivity contribution >= 4 is 22.8 Å². The first-order valence-electron chi connectivity index (χ1n) is 12.3. The van der Waals surface area contributed by atoms with Crippen molar-refractivity contribution in [1.29, 1.82) is 0 Å². The zero-order chi connectivity index (χ0) is 24.6. The lowest BCUT2D eigenvalue weighted by Gasteiger charge is -2.42. The zero-order valence-electron chi connectivity index (χ0n) is 20.2. The van der Waals surface area contributed by atoms with E-state index in [1.165, 1.54) is 4.90 Å². The molecule has 0 spiro atoms. The van der Waals surface area contributed by atoms with Gasteiger partial charge in [0.05, 0.1) is 19.3 Å². The van der Waals surface area contributed by atoms with E-state index in [0.29, 0.717) is 32.5 Å². The fraction of sp³-hybridized carbons (Fsp3) is 0.407. The first-order chi connectivity index (χ1) is 17.0. The van der Waals surface area contributed by atoms with Crippen LogP contribution in [0.4, 0.5) is 4.79 Å². The van der Waals surface area contributed by atoms with Gasteiger partial charge in [-0.3, -0.25) is 9.69 Å². The second kappa shape index (κ2) is 9.36. The molecule has 3 aromatic rings. The number of urea groups is 1. The number of aromatic amines is 1. The first kappa shape index (κ1) is 23.4. The van der Waals surface area contributed by atoms with E-state index in [2.05, 4.69) is 22.4 Å². The number of nitrogens with zero attached hydrogens (tertiary/aromatic N) is 2. The number of aliphatic hydroxyl groups excluding tert-OH is 1. The van der Waals surface area contributed by atoms with Crippen molar-refractivity contribution in [2.75, 3.05) is 32.8 Å². The number of nitrogens with one attached hydrogen (secondary N) is 2. The minimum absolute atomic E-state index is 0.0103. The molecule has 0 radical (unpaired) electrons. The summed E-state index contributed by atoms with van der Waals surface area (Å²) in [6, 6.07) is 15.5. The molecule has 1 fully saturated rings. The Morgan fingerprint density at radius 1 is 1.17 bits per heavy atom. The zero-order valence-corrected chi connectivity index (χ0v) is 20.2. The van der Waals surface area contributed by atoms with Crippen LogP contribution in [0, 0.1) is 0 Å². The van der Waals surface area contributed by atoms with Gasteiger partial charge in [0, 0.05) is 42.7 Å². The van der Waals surface area contributed by atoms with Gasteiger partial charge in [0.15, 0.2) is 0 Å². The van der Waals surface area contributed by atoms with Crippen LogP contribution in [0.15, 0.2) is 48.5 Å². The van der Waals surface area contributed by atoms with Gasteiger partial charge in [0.1, 0.15) is 11.3 Å². The summed E-state index contributed by atoms with van der Waals surface area (Å²) < 4.78 is 5.75. The molecule has 2 aromatic carbocycles. The fourth-order valence-electron chi connectivity index (χ4n) is 5.53. The van der Waals surface area contributed by atoms with Gasteiger partial charge in [-0.05, 0) is 49.6 Å². The standard InChI is InChI=1S/C27H32N4O4/c1-3-35-19-9-10-22-20(16-19)21-17-27(2)25(33)30(13-11-28-12-14-32)26(34)31(27)23(24(21)29-22)15-18-7-5-4-6-8-18/h4-10,16,23,28-29,32H,3,11-15,17H2,1-2H3/t23?,27-/m0/s1. The maximum Gasteiger partial charge on any atom is 0.328 e. The lowest BCUT2D eigenvalue weighted by Crippen LogP contribution is -2.53. The van der Waals surface area contributed by atoms with Crippen molar-refractivity contribution in [3.05, 3.63) is 65.4 Å². The molecule has 0 aliphatic carbocycles. The molecule has 35 heavy (non-hydrogen) atoms. The van der Waals surface area contributed by atoms with Crippen LogP contribution in [-0.2, 0) is 17.6 Å². The Kier molecular flexibility index (Phi) is 6.25. The minimum atomic E-state index is -0.975. The van der Waals surface area contributed by atoms with Gasteiger partial charge >= 0.3 is 6.03 Å². The molecule has 1 unspecified atom stereocenters. The highest BCUT2D eigenvalue weighted by atomic mass is 16.5. The summed E-state index contributed by atoms with van der Waals surface area (Å²) in [5.41, 5.74) is 3.16. The average Bonchev–Trinajstić information content (AvgIpc) is 3.30. The molecule has 0 saturated carbocycles. The number of hydrogen-bond donors (Lipinski definition) is 3. The lowest BCUT2D eigenvalue weighted by molar-refractivity contribution is -0.133. The second-order valence-electron chi connectivity index (χ2n) is 9.40. The van der Waals surface area contributed by atoms with E-state index >= 15 is 0 Å². The van der Waals surface area contributed by atoms with Crippen molar-refractivity contribution < 1.29 is 19.4 Å². The van der Waals surface area contributed by atoms with E-state index in [1.807, 2.05) is 50.2 Å². The number of aromatic nitrogens is 1. The number of rotatable bonds is 9. The number of H-pyrrole nitrogens is 1. The molecule has 2 aliphatic rings. The van der Waals surface area contributed by atoms with E-state index in [0.717, 1.165) is 33.5 Å². The maximum atomic E-state index is 13.7. The summed E-state index contributed by atoms with van der Waals surface area (Å²) >= 11 is 0. The third-order valence-electron chi connectivity index (χ3n) is 7.13. The number of hydrogen-bond acceptors (Lipinski definition) is 5. The number of benzene rings is 2. The number of aliphatic hydroxyl groups is 1. The van der Waals surface area contributed by atoms with Gasteiger partial charge in [0.2, 0.25) is 0 Å². The Hall–Kier alpha value is -3.36. The number of carbonyl (C=O) groups excluding carboxylic acids is 2. The molecule has 2 atom stereocenters. The van der Waals surface area contributed by atoms with E-state index in [9.17, 15) is 9.59 Å². The molecule has 3 heterocycles. The Bertz CT molecular complexity index is 1240. The predicted molar refractivity (Wildman–Crippen MR) is 133 cm³/mol. The molecule has 0 bridgehead atoms. The van der Waals surface area contributed by atoms with Crippen LogP contribution in [0.5, 0.6) is 5.75 Å². The first-order valence-corrected chi connectivity index (χ1v) is 12.3. The third-order valence-corrected chi connectivity index (χ3v) is 7.13. The Morgan fingerprint density at radius 2 is 1.97 bits per heavy atom. The van der Waals surface area contributed by atoms with Crippen LogP contribution in [0.25, 0.3) is 10.9 Å². The smallest absolute Gasteiger partial charge is 0.328 e. The van der Waals surface area contributed by atoms with Crippen LogP contribution in [0.3, 0.4) is 0 Å². The number of fused-ring (bicyclic) bond motifs is 4. The summed E-state index contributed by atoms with van der Waals surface area (Å²) in [6.07, 6.45) is 1.04. The lowest BCUT2D eigenvalue weighted by atomic mass is 9.81. The number of carbonyl (C=O) groups is 2. The summed E-state index contributed by atoms with van der Waals surface area (Å²) in [6.45, 7) is 5.57. The highest BCUT2D eigenvalue weighted by Crippen LogP contribution is 2.47. The highest BCUT2D eigenvalue weighted by Gasteiger charge is 2.59. The molecule has 3 N–H and O–H groups in total. The third kappa shape index (κ3) is 3.96. The van der Waals surface area contributed by atoms with Crippen LogP contribution in [-0.4, -0.2) is 70.2 Å². The molecule has 3 amide bonds. The van der Waals surface area contributed by atoms with Crippen LogP contribution < -0.4 is 10.1 Å². The van der Waals surface area contributed by atoms with Crippen molar-refractivity contribution in [3.63, 3.8) is 0 Å². The summed E-state index contributed by atoms with van der Waals surface area (Å²) in [5, 5.41) is 13.1. The Labute approximate surface area is 204 Å². The molecule has 184 valence electrons. The van der Waals surface area contributed by atoms with Crippen molar-refractivity contribution in [2.45, 2.75) is 38.3 Å². The number of imide groups is 1. The Balaban J connectivity index is 1.58. The topological polar surface area (TPSA) is 97.9 Å². The molecule has 5 rings (SSSR count). The normalized spacial score (nSPS) is 21.5.